The SMILES string of the molecule is Cc1cc(C[C@@H](C)NC(=O)c2cc3ccccc3s2)n[nH]1. The van der Waals surface area contributed by atoms with E-state index in [1.807, 2.05) is 50.2 Å². The van der Waals surface area contributed by atoms with Crippen molar-refractivity contribution >= 4 is 27.3 Å². The number of carbonyl (C=O) groups excluding carboxylic acids is 1. The van der Waals surface area contributed by atoms with Crippen LogP contribution in [0.4, 0.5) is 0 Å². The summed E-state index contributed by atoms with van der Waals surface area (Å²) >= 11 is 1.52. The molecule has 0 spiro atoms. The summed E-state index contributed by atoms with van der Waals surface area (Å²) in [5.41, 5.74) is 2.00. The van der Waals surface area contributed by atoms with Gasteiger partial charge in [0, 0.05) is 22.9 Å². The number of fused-ring (bicyclic) bond motifs is 1. The molecule has 1 amide bonds. The molecule has 21 heavy (non-hydrogen) atoms. The fraction of sp³-hybridized carbons (Fsp3) is 0.250. The topological polar surface area (TPSA) is 57.8 Å². The zero-order valence-corrected chi connectivity index (χ0v) is 12.8. The first kappa shape index (κ1) is 13.8. The highest BCUT2D eigenvalue weighted by molar-refractivity contribution is 7.20. The van der Waals surface area contributed by atoms with E-state index in [0.717, 1.165) is 32.8 Å². The van der Waals surface area contributed by atoms with Crippen LogP contribution in [0.15, 0.2) is 36.4 Å². The van der Waals surface area contributed by atoms with Crippen LogP contribution < -0.4 is 5.32 Å². The molecule has 0 fully saturated rings. The second-order valence-corrected chi connectivity index (χ2v) is 6.35. The van der Waals surface area contributed by atoms with Gasteiger partial charge in [0.1, 0.15) is 0 Å². The molecule has 2 heterocycles. The summed E-state index contributed by atoms with van der Waals surface area (Å²) in [4.78, 5) is 13.0. The smallest absolute Gasteiger partial charge is 0.261 e. The third kappa shape index (κ3) is 3.13. The van der Waals surface area contributed by atoms with E-state index in [-0.39, 0.29) is 11.9 Å². The van der Waals surface area contributed by atoms with Crippen LogP contribution in [0.3, 0.4) is 0 Å². The number of aromatic nitrogens is 2. The Labute approximate surface area is 127 Å². The van der Waals surface area contributed by atoms with Crippen molar-refractivity contribution in [3.05, 3.63) is 52.7 Å². The van der Waals surface area contributed by atoms with Crippen molar-refractivity contribution < 1.29 is 4.79 Å². The van der Waals surface area contributed by atoms with Gasteiger partial charge in [-0.3, -0.25) is 9.89 Å². The minimum Gasteiger partial charge on any atom is -0.348 e. The molecule has 1 aromatic carbocycles. The van der Waals surface area contributed by atoms with Crippen LogP contribution in [0.1, 0.15) is 28.0 Å². The molecule has 0 aliphatic heterocycles. The molecule has 3 rings (SSSR count). The first-order valence-electron chi connectivity index (χ1n) is 6.92. The van der Waals surface area contributed by atoms with Gasteiger partial charge in [-0.1, -0.05) is 18.2 Å². The predicted octanol–water partition coefficient (Wildman–Crippen LogP) is 3.29. The highest BCUT2D eigenvalue weighted by atomic mass is 32.1. The second-order valence-electron chi connectivity index (χ2n) is 5.27. The zero-order valence-electron chi connectivity index (χ0n) is 12.0. The summed E-state index contributed by atoms with van der Waals surface area (Å²) in [6, 6.07) is 12.0. The number of hydrogen-bond donors (Lipinski definition) is 2. The molecule has 0 aliphatic carbocycles. The Kier molecular flexibility index (Phi) is 3.75. The maximum atomic E-state index is 12.3. The molecule has 5 heteroatoms. The summed E-state index contributed by atoms with van der Waals surface area (Å²) in [5, 5.41) is 11.3. The predicted molar refractivity (Wildman–Crippen MR) is 85.8 cm³/mol. The molecule has 0 saturated carbocycles. The lowest BCUT2D eigenvalue weighted by atomic mass is 10.1. The minimum absolute atomic E-state index is 0.0176. The number of aromatic amines is 1. The summed E-state index contributed by atoms with van der Waals surface area (Å²) in [6.45, 7) is 3.96. The van der Waals surface area contributed by atoms with Crippen LogP contribution in [-0.4, -0.2) is 22.1 Å². The monoisotopic (exact) mass is 299 g/mol. The molecular formula is C16H17N3OS. The Morgan fingerprint density at radius 3 is 2.90 bits per heavy atom. The molecule has 0 radical (unpaired) electrons. The van der Waals surface area contributed by atoms with Crippen LogP contribution in [0, 0.1) is 6.92 Å². The average molecular weight is 299 g/mol. The Morgan fingerprint density at radius 2 is 2.19 bits per heavy atom. The number of carbonyl (C=O) groups is 1. The first-order chi connectivity index (χ1) is 10.1. The molecule has 2 N–H and O–H groups in total. The van der Waals surface area contributed by atoms with Crippen molar-refractivity contribution in [3.8, 4) is 0 Å². The maximum Gasteiger partial charge on any atom is 0.261 e. The molecule has 1 atom stereocenters. The standard InChI is InChI=1S/C16H17N3OS/c1-10(7-13-8-11(2)18-19-13)17-16(20)15-9-12-5-3-4-6-14(12)21-15/h3-6,8-10H,7H2,1-2H3,(H,17,20)(H,18,19)/t10-/m1/s1. The number of rotatable bonds is 4. The number of benzene rings is 1. The highest BCUT2D eigenvalue weighted by Crippen LogP contribution is 2.25. The van der Waals surface area contributed by atoms with Gasteiger partial charge >= 0.3 is 0 Å². The van der Waals surface area contributed by atoms with Gasteiger partial charge < -0.3 is 5.32 Å². The van der Waals surface area contributed by atoms with E-state index in [2.05, 4.69) is 15.5 Å². The summed E-state index contributed by atoms with van der Waals surface area (Å²) < 4.78 is 1.14. The molecule has 0 aliphatic rings. The Bertz CT molecular complexity index is 742. The maximum absolute atomic E-state index is 12.3. The van der Waals surface area contributed by atoms with Crippen LogP contribution in [0.5, 0.6) is 0 Å². The molecule has 108 valence electrons. The number of H-pyrrole nitrogens is 1. The number of hydrogen-bond acceptors (Lipinski definition) is 3. The van der Waals surface area contributed by atoms with E-state index >= 15 is 0 Å². The first-order valence-corrected chi connectivity index (χ1v) is 7.74. The summed E-state index contributed by atoms with van der Waals surface area (Å²) in [7, 11) is 0. The van der Waals surface area contributed by atoms with Crippen LogP contribution in [0.2, 0.25) is 0 Å². The average Bonchev–Trinajstić information content (AvgIpc) is 3.04. The zero-order chi connectivity index (χ0) is 14.8. The fourth-order valence-corrected chi connectivity index (χ4v) is 3.30. The highest BCUT2D eigenvalue weighted by Gasteiger charge is 2.14. The Hall–Kier alpha value is -2.14. The van der Waals surface area contributed by atoms with Crippen molar-refractivity contribution in [1.29, 1.82) is 0 Å². The van der Waals surface area contributed by atoms with Gasteiger partial charge in [-0.15, -0.1) is 11.3 Å². The van der Waals surface area contributed by atoms with E-state index in [1.165, 1.54) is 11.3 Å². The van der Waals surface area contributed by atoms with Gasteiger partial charge in [-0.2, -0.15) is 5.10 Å². The lowest BCUT2D eigenvalue weighted by molar-refractivity contribution is 0.0944. The van der Waals surface area contributed by atoms with Crippen LogP contribution >= 0.6 is 11.3 Å². The van der Waals surface area contributed by atoms with Crippen molar-refractivity contribution in [2.45, 2.75) is 26.3 Å². The van der Waals surface area contributed by atoms with Crippen molar-refractivity contribution in [3.63, 3.8) is 0 Å². The van der Waals surface area contributed by atoms with E-state index < -0.39 is 0 Å². The van der Waals surface area contributed by atoms with E-state index in [1.54, 1.807) is 0 Å². The summed E-state index contributed by atoms with van der Waals surface area (Å²) in [5.74, 6) is -0.0176. The van der Waals surface area contributed by atoms with Gasteiger partial charge in [-0.05, 0) is 37.4 Å². The van der Waals surface area contributed by atoms with E-state index in [0.29, 0.717) is 0 Å². The third-order valence-electron chi connectivity index (χ3n) is 3.30. The van der Waals surface area contributed by atoms with Gasteiger partial charge in [0.05, 0.1) is 10.6 Å². The van der Waals surface area contributed by atoms with Crippen molar-refractivity contribution in [1.82, 2.24) is 15.5 Å². The lowest BCUT2D eigenvalue weighted by Gasteiger charge is -2.11. The molecule has 0 unspecified atom stereocenters. The minimum atomic E-state index is -0.0176. The van der Waals surface area contributed by atoms with E-state index in [9.17, 15) is 4.79 Å². The Balaban J connectivity index is 1.67. The second kappa shape index (κ2) is 5.69. The largest absolute Gasteiger partial charge is 0.348 e. The van der Waals surface area contributed by atoms with Crippen molar-refractivity contribution in [2.24, 2.45) is 0 Å². The van der Waals surface area contributed by atoms with E-state index in [4.69, 9.17) is 0 Å². The number of nitrogens with one attached hydrogen (secondary N) is 2. The van der Waals surface area contributed by atoms with Gasteiger partial charge in [0.25, 0.3) is 5.91 Å². The molecule has 3 aromatic rings. The third-order valence-corrected chi connectivity index (χ3v) is 4.42. The molecule has 2 aromatic heterocycles. The normalized spacial score (nSPS) is 12.5. The molecule has 4 nitrogen and oxygen atoms in total. The van der Waals surface area contributed by atoms with Crippen molar-refractivity contribution in [2.75, 3.05) is 0 Å². The Morgan fingerprint density at radius 1 is 1.38 bits per heavy atom. The van der Waals surface area contributed by atoms with Gasteiger partial charge in [0.2, 0.25) is 0 Å². The lowest BCUT2D eigenvalue weighted by Crippen LogP contribution is -2.33. The number of nitrogens with zero attached hydrogens (tertiary/aromatic N) is 1. The van der Waals surface area contributed by atoms with Crippen LogP contribution in [0.25, 0.3) is 10.1 Å². The number of aryl methyl sites for hydroxylation is 1. The quantitative estimate of drug-likeness (QED) is 0.776. The molecule has 0 saturated heterocycles. The van der Waals surface area contributed by atoms with Gasteiger partial charge in [0.15, 0.2) is 0 Å². The van der Waals surface area contributed by atoms with Crippen LogP contribution in [-0.2, 0) is 6.42 Å². The summed E-state index contributed by atoms with van der Waals surface area (Å²) in [6.07, 6.45) is 0.723. The molecular weight excluding hydrogens is 282 g/mol. The fourth-order valence-electron chi connectivity index (χ4n) is 2.33. The number of amides is 1. The van der Waals surface area contributed by atoms with Gasteiger partial charge in [-0.25, -0.2) is 0 Å². The number of thiophene rings is 1. The molecule has 0 bridgehead atoms.